The second-order valence-electron chi connectivity index (χ2n) is 13.0. The summed E-state index contributed by atoms with van der Waals surface area (Å²) in [6, 6.07) is 10.4. The quantitative estimate of drug-likeness (QED) is 0.400. The van der Waals surface area contributed by atoms with Crippen molar-refractivity contribution in [2.75, 3.05) is 45.2 Å². The van der Waals surface area contributed by atoms with Crippen LogP contribution in [0.15, 0.2) is 48.0 Å². The highest BCUT2D eigenvalue weighted by Crippen LogP contribution is 2.87. The normalized spacial score (nSPS) is 29.9. The van der Waals surface area contributed by atoms with Gasteiger partial charge in [-0.2, -0.15) is 0 Å². The van der Waals surface area contributed by atoms with E-state index in [1.54, 1.807) is 29.3 Å². The van der Waals surface area contributed by atoms with Crippen molar-refractivity contribution in [3.8, 4) is 17.1 Å². The first kappa shape index (κ1) is 26.8. The summed E-state index contributed by atoms with van der Waals surface area (Å²) in [5, 5.41) is 8.43. The summed E-state index contributed by atoms with van der Waals surface area (Å²) in [6.07, 6.45) is 6.47. The fraction of sp³-hybridized carbons (Fsp3) is 0.469. The highest BCUT2D eigenvalue weighted by molar-refractivity contribution is 7.14. The van der Waals surface area contributed by atoms with Crippen molar-refractivity contribution in [1.82, 2.24) is 25.1 Å². The average Bonchev–Trinajstić information content (AvgIpc) is 3.35. The largest absolute Gasteiger partial charge is 0.484 e. The molecule has 0 bridgehead atoms. The van der Waals surface area contributed by atoms with Crippen molar-refractivity contribution in [1.29, 1.82) is 0 Å². The van der Waals surface area contributed by atoms with Gasteiger partial charge in [-0.1, -0.05) is 6.07 Å². The number of nitrogens with zero attached hydrogens (tertiary/aromatic N) is 4. The van der Waals surface area contributed by atoms with E-state index in [0.29, 0.717) is 46.3 Å². The van der Waals surface area contributed by atoms with Gasteiger partial charge >= 0.3 is 0 Å². The van der Waals surface area contributed by atoms with Crippen LogP contribution in [0.4, 0.5) is 5.13 Å². The van der Waals surface area contributed by atoms with Gasteiger partial charge in [-0.05, 0) is 86.2 Å². The number of piperazine rings is 1. The molecular formula is C32H38N6O4S. The van der Waals surface area contributed by atoms with Crippen LogP contribution in [0.1, 0.15) is 49.3 Å². The number of carbonyl (C=O) groups excluding carboxylic acids is 3. The van der Waals surface area contributed by atoms with Gasteiger partial charge in [0.15, 0.2) is 11.7 Å². The monoisotopic (exact) mass is 602 g/mol. The van der Waals surface area contributed by atoms with Crippen LogP contribution in [0, 0.1) is 23.2 Å². The van der Waals surface area contributed by atoms with E-state index in [1.807, 2.05) is 30.6 Å². The summed E-state index contributed by atoms with van der Waals surface area (Å²) < 4.78 is 5.96. The average molecular weight is 603 g/mol. The zero-order chi connectivity index (χ0) is 29.3. The van der Waals surface area contributed by atoms with Gasteiger partial charge in [0.2, 0.25) is 0 Å². The van der Waals surface area contributed by atoms with Crippen molar-refractivity contribution in [3.63, 3.8) is 0 Å². The Bertz CT molecular complexity index is 1630. The molecule has 2 aromatic heterocycles. The Morgan fingerprint density at radius 1 is 1.07 bits per heavy atom. The molecule has 3 amide bonds. The molecule has 10 nitrogen and oxygen atoms in total. The summed E-state index contributed by atoms with van der Waals surface area (Å²) in [6.45, 7) is 2.61. The fourth-order valence-corrected chi connectivity index (χ4v) is 9.19. The minimum atomic E-state index is -0.413. The summed E-state index contributed by atoms with van der Waals surface area (Å²) in [7, 11) is 2.03. The number of benzene rings is 1. The second-order valence-corrected chi connectivity index (χ2v) is 13.8. The van der Waals surface area contributed by atoms with Crippen LogP contribution < -0.4 is 15.4 Å². The van der Waals surface area contributed by atoms with Gasteiger partial charge in [0.1, 0.15) is 11.4 Å². The number of amides is 3. The number of likely N-dealkylation sites (N-methyl/N-ethyl adjacent to an activating group) is 1. The molecule has 43 heavy (non-hydrogen) atoms. The molecular weight excluding hydrogens is 564 g/mol. The summed E-state index contributed by atoms with van der Waals surface area (Å²) in [5.74, 6) is 2.08. The molecule has 4 saturated carbocycles. The standard InChI is InChI=1S/C32H34N6O4S.2H2/c1-37-6-8-38(9-7-37)29(41)20-10-19(28(40)35-30-34-25(17-43-30)24-4-2-3-5-33-24)12-23(13-20)42-16-26(39)36-32-15-22-11-21-14-31(32,18-32)27(21)22;;/h2-5,10,12-13,17,21-22,27H,6-9,11,14-16,18H2,1H3,(H,36,39)(H,34,35,40);2*1H. The first-order valence-electron chi connectivity index (χ1n) is 15.1. The molecule has 11 heteroatoms. The molecule has 3 aromatic rings. The summed E-state index contributed by atoms with van der Waals surface area (Å²) in [4.78, 5) is 52.8. The molecule has 4 aliphatic carbocycles. The lowest BCUT2D eigenvalue weighted by Gasteiger charge is -2.56. The minimum absolute atomic E-state index is 0. The van der Waals surface area contributed by atoms with Gasteiger partial charge < -0.3 is 19.9 Å². The fourth-order valence-electron chi connectivity index (χ4n) is 8.49. The highest BCUT2D eigenvalue weighted by Gasteiger charge is 2.86. The van der Waals surface area contributed by atoms with Gasteiger partial charge in [-0.15, -0.1) is 11.3 Å². The number of pyridine rings is 1. The molecule has 2 N–H and O–H groups in total. The number of hydrogen-bond acceptors (Lipinski definition) is 8. The Morgan fingerprint density at radius 3 is 2.65 bits per heavy atom. The van der Waals surface area contributed by atoms with Gasteiger partial charge in [0.05, 0.1) is 5.69 Å². The van der Waals surface area contributed by atoms with Crippen LogP contribution in [-0.2, 0) is 4.79 Å². The number of aromatic nitrogens is 2. The van der Waals surface area contributed by atoms with Crippen molar-refractivity contribution in [2.45, 2.75) is 31.2 Å². The van der Waals surface area contributed by atoms with E-state index < -0.39 is 5.91 Å². The number of rotatable bonds is 8. The molecule has 0 radical (unpaired) electrons. The maximum atomic E-state index is 13.5. The molecule has 5 atom stereocenters. The minimum Gasteiger partial charge on any atom is -0.484 e. The smallest absolute Gasteiger partial charge is 0.258 e. The van der Waals surface area contributed by atoms with Crippen LogP contribution in [0.25, 0.3) is 11.4 Å². The molecule has 1 spiro atoms. The van der Waals surface area contributed by atoms with E-state index in [4.69, 9.17) is 4.74 Å². The molecule has 8 rings (SSSR count). The van der Waals surface area contributed by atoms with Crippen molar-refractivity contribution in [3.05, 3.63) is 59.1 Å². The first-order chi connectivity index (χ1) is 20.8. The first-order valence-corrected chi connectivity index (χ1v) is 16.0. The van der Waals surface area contributed by atoms with E-state index in [1.165, 1.54) is 24.2 Å². The molecule has 5 fully saturated rings. The van der Waals surface area contributed by atoms with Gasteiger partial charge in [-0.25, -0.2) is 4.98 Å². The Morgan fingerprint density at radius 2 is 1.88 bits per heavy atom. The van der Waals surface area contributed by atoms with E-state index in [-0.39, 0.29) is 32.4 Å². The number of ether oxygens (including phenoxy) is 1. The Kier molecular flexibility index (Phi) is 6.13. The third kappa shape index (κ3) is 4.43. The summed E-state index contributed by atoms with van der Waals surface area (Å²) in [5.41, 5.74) is 2.31. The van der Waals surface area contributed by atoms with Gasteiger partial charge in [-0.3, -0.25) is 24.7 Å². The van der Waals surface area contributed by atoms with Crippen LogP contribution in [0.2, 0.25) is 0 Å². The molecule has 1 aromatic carbocycles. The number of anilines is 1. The lowest BCUT2D eigenvalue weighted by Crippen LogP contribution is -2.51. The zero-order valence-corrected chi connectivity index (χ0v) is 24.9. The van der Waals surface area contributed by atoms with Crippen LogP contribution >= 0.6 is 11.3 Å². The number of carbonyl (C=O) groups is 3. The molecule has 1 aliphatic heterocycles. The second kappa shape index (κ2) is 9.85. The maximum Gasteiger partial charge on any atom is 0.258 e. The molecule has 3 heterocycles. The third-order valence-electron chi connectivity index (χ3n) is 10.5. The van der Waals surface area contributed by atoms with Gasteiger partial charge in [0, 0.05) is 57.3 Å². The number of thiazole rings is 1. The van der Waals surface area contributed by atoms with Crippen molar-refractivity contribution >= 4 is 34.2 Å². The van der Waals surface area contributed by atoms with Crippen LogP contribution in [0.5, 0.6) is 5.75 Å². The van der Waals surface area contributed by atoms with E-state index in [2.05, 4.69) is 25.5 Å². The van der Waals surface area contributed by atoms with Crippen molar-refractivity contribution in [2.24, 2.45) is 23.2 Å². The summed E-state index contributed by atoms with van der Waals surface area (Å²) >= 11 is 1.30. The third-order valence-corrected chi connectivity index (χ3v) is 11.3. The Labute approximate surface area is 256 Å². The Balaban J connectivity index is 0.00000179. The predicted molar refractivity (Wildman–Crippen MR) is 165 cm³/mol. The zero-order valence-electron chi connectivity index (χ0n) is 24.0. The molecule has 226 valence electrons. The van der Waals surface area contributed by atoms with E-state index >= 15 is 0 Å². The topological polar surface area (TPSA) is 117 Å². The number of hydrogen-bond donors (Lipinski definition) is 2. The van der Waals surface area contributed by atoms with Crippen LogP contribution in [0.3, 0.4) is 0 Å². The molecule has 5 aliphatic rings. The maximum absolute atomic E-state index is 13.5. The van der Waals surface area contributed by atoms with E-state index in [0.717, 1.165) is 43.7 Å². The molecule has 5 unspecified atom stereocenters. The Hall–Kier alpha value is -3.83. The SMILES string of the molecule is CN1CCN(C(=O)c2cc(OCC(=O)NC34CC5CC6CC3(C4)C56)cc(C(=O)Nc3nc(-c4ccccn4)cs3)c2)CC1.[HH].[HH]. The van der Waals surface area contributed by atoms with Crippen molar-refractivity contribution < 1.29 is 22.0 Å². The lowest BCUT2D eigenvalue weighted by atomic mass is 9.48. The molecule has 1 saturated heterocycles. The van der Waals surface area contributed by atoms with Gasteiger partial charge in [0.25, 0.3) is 17.7 Å². The highest BCUT2D eigenvalue weighted by atomic mass is 32.1. The lowest BCUT2D eigenvalue weighted by molar-refractivity contribution is -0.124. The number of nitrogens with one attached hydrogen (secondary N) is 2. The predicted octanol–water partition coefficient (Wildman–Crippen LogP) is 4.02. The van der Waals surface area contributed by atoms with E-state index in [9.17, 15) is 14.4 Å². The van der Waals surface area contributed by atoms with Crippen LogP contribution in [-0.4, -0.2) is 82.9 Å².